The quantitative estimate of drug-likeness (QED) is 0.395. The second-order valence-electron chi connectivity index (χ2n) is 3.42. The molecule has 66 valence electrons. The third-order valence-electron chi connectivity index (χ3n) is 2.46. The van der Waals surface area contributed by atoms with Gasteiger partial charge in [-0.25, -0.2) is 5.01 Å². The molecular weight excluding hydrogens is 140 g/mol. The SMILES string of the molecule is C[C@@H]1CN(C)[C@@H](C)CN1NN. The van der Waals surface area contributed by atoms with Gasteiger partial charge in [-0.3, -0.25) is 5.84 Å². The van der Waals surface area contributed by atoms with Gasteiger partial charge in [0.15, 0.2) is 0 Å². The molecule has 1 heterocycles. The smallest absolute Gasteiger partial charge is 0.0356 e. The molecule has 1 rings (SSSR count). The van der Waals surface area contributed by atoms with Crippen molar-refractivity contribution in [1.29, 1.82) is 0 Å². The zero-order valence-corrected chi connectivity index (χ0v) is 7.54. The number of likely N-dealkylation sites (N-methyl/N-ethyl adjacent to an activating group) is 1. The molecule has 4 nitrogen and oxygen atoms in total. The molecule has 0 saturated carbocycles. The van der Waals surface area contributed by atoms with Crippen LogP contribution in [0.3, 0.4) is 0 Å². The number of hydrogen-bond donors (Lipinski definition) is 2. The van der Waals surface area contributed by atoms with Crippen LogP contribution in [-0.4, -0.2) is 42.1 Å². The topological polar surface area (TPSA) is 44.5 Å². The summed E-state index contributed by atoms with van der Waals surface area (Å²) in [6, 6.07) is 1.09. The molecule has 11 heavy (non-hydrogen) atoms. The molecule has 1 saturated heterocycles. The third kappa shape index (κ3) is 1.90. The van der Waals surface area contributed by atoms with Crippen LogP contribution < -0.4 is 11.4 Å². The summed E-state index contributed by atoms with van der Waals surface area (Å²) in [6.07, 6.45) is 0. The maximum Gasteiger partial charge on any atom is 0.0356 e. The highest BCUT2D eigenvalue weighted by Crippen LogP contribution is 2.09. The average molecular weight is 158 g/mol. The maximum absolute atomic E-state index is 5.36. The van der Waals surface area contributed by atoms with Crippen molar-refractivity contribution in [2.24, 2.45) is 5.84 Å². The van der Waals surface area contributed by atoms with E-state index in [2.05, 4.69) is 36.3 Å². The van der Waals surface area contributed by atoms with Gasteiger partial charge in [0.1, 0.15) is 0 Å². The molecule has 1 aliphatic heterocycles. The van der Waals surface area contributed by atoms with Gasteiger partial charge in [0.05, 0.1) is 0 Å². The molecule has 0 amide bonds. The number of hydrazine groups is 2. The van der Waals surface area contributed by atoms with Crippen LogP contribution in [0.5, 0.6) is 0 Å². The van der Waals surface area contributed by atoms with E-state index in [-0.39, 0.29) is 0 Å². The van der Waals surface area contributed by atoms with Gasteiger partial charge < -0.3 is 4.90 Å². The number of nitrogens with one attached hydrogen (secondary N) is 1. The minimum atomic E-state index is 0.501. The zero-order valence-electron chi connectivity index (χ0n) is 7.54. The highest BCUT2D eigenvalue weighted by molar-refractivity contribution is 4.79. The minimum absolute atomic E-state index is 0.501. The normalized spacial score (nSPS) is 36.0. The Bertz CT molecular complexity index is 128. The van der Waals surface area contributed by atoms with Crippen molar-refractivity contribution in [2.75, 3.05) is 20.1 Å². The van der Waals surface area contributed by atoms with Crippen LogP contribution >= 0.6 is 0 Å². The predicted octanol–water partition coefficient (Wildman–Crippen LogP) is -0.611. The van der Waals surface area contributed by atoms with Crippen LogP contribution in [0, 0.1) is 0 Å². The Kier molecular flexibility index (Phi) is 2.84. The standard InChI is InChI=1S/C7H18N4/c1-6-5-11(9-8)7(2)4-10(6)3/h6-7,9H,4-5,8H2,1-3H3/t6-,7+/m0/s1. The van der Waals surface area contributed by atoms with Gasteiger partial charge in [0.2, 0.25) is 0 Å². The van der Waals surface area contributed by atoms with E-state index >= 15 is 0 Å². The highest BCUT2D eigenvalue weighted by atomic mass is 15.6. The first-order valence-electron chi connectivity index (χ1n) is 4.08. The molecule has 4 heteroatoms. The van der Waals surface area contributed by atoms with Crippen LogP contribution in [0.2, 0.25) is 0 Å². The van der Waals surface area contributed by atoms with E-state index in [0.717, 1.165) is 13.1 Å². The first-order chi connectivity index (χ1) is 5.15. The van der Waals surface area contributed by atoms with E-state index in [9.17, 15) is 0 Å². The fraction of sp³-hybridized carbons (Fsp3) is 1.00. The van der Waals surface area contributed by atoms with Crippen molar-refractivity contribution in [1.82, 2.24) is 15.4 Å². The molecule has 0 aromatic heterocycles. The van der Waals surface area contributed by atoms with Crippen molar-refractivity contribution in [3.05, 3.63) is 0 Å². The molecule has 0 radical (unpaired) electrons. The molecule has 0 aromatic rings. The summed E-state index contributed by atoms with van der Waals surface area (Å²) in [5, 5.41) is 2.07. The zero-order chi connectivity index (χ0) is 8.43. The third-order valence-corrected chi connectivity index (χ3v) is 2.46. The van der Waals surface area contributed by atoms with Crippen LogP contribution in [-0.2, 0) is 0 Å². The average Bonchev–Trinajstić information content (AvgIpc) is 1.97. The summed E-state index contributed by atoms with van der Waals surface area (Å²) in [4.78, 5) is 2.35. The van der Waals surface area contributed by atoms with Gasteiger partial charge in [-0.1, -0.05) is 0 Å². The molecule has 1 aliphatic rings. The molecule has 1 fully saturated rings. The van der Waals surface area contributed by atoms with Gasteiger partial charge in [-0.05, 0) is 20.9 Å². The van der Waals surface area contributed by atoms with E-state index in [1.54, 1.807) is 0 Å². The highest BCUT2D eigenvalue weighted by Gasteiger charge is 2.25. The summed E-state index contributed by atoms with van der Waals surface area (Å²) in [5.41, 5.74) is 2.71. The van der Waals surface area contributed by atoms with E-state index in [1.807, 2.05) is 0 Å². The van der Waals surface area contributed by atoms with Crippen LogP contribution in [0.4, 0.5) is 0 Å². The van der Waals surface area contributed by atoms with Crippen molar-refractivity contribution in [3.63, 3.8) is 0 Å². The van der Waals surface area contributed by atoms with E-state index in [1.165, 1.54) is 0 Å². The van der Waals surface area contributed by atoms with Crippen molar-refractivity contribution >= 4 is 0 Å². The van der Waals surface area contributed by atoms with E-state index in [0.29, 0.717) is 12.1 Å². The molecule has 0 aromatic carbocycles. The summed E-state index contributed by atoms with van der Waals surface area (Å²) in [6.45, 7) is 6.44. The lowest BCUT2D eigenvalue weighted by atomic mass is 10.1. The van der Waals surface area contributed by atoms with E-state index < -0.39 is 0 Å². The van der Waals surface area contributed by atoms with Crippen molar-refractivity contribution in [2.45, 2.75) is 25.9 Å². The Morgan fingerprint density at radius 2 is 1.91 bits per heavy atom. The number of nitrogens with zero attached hydrogens (tertiary/aromatic N) is 2. The number of rotatable bonds is 1. The summed E-state index contributed by atoms with van der Waals surface area (Å²) in [5.74, 6) is 5.36. The number of hydrogen-bond acceptors (Lipinski definition) is 4. The van der Waals surface area contributed by atoms with Gasteiger partial charge in [0, 0.05) is 25.2 Å². The number of nitrogens with two attached hydrogens (primary N) is 1. The number of piperazine rings is 1. The van der Waals surface area contributed by atoms with Gasteiger partial charge >= 0.3 is 0 Å². The Labute approximate surface area is 68.3 Å². The summed E-state index contributed by atoms with van der Waals surface area (Å²) in [7, 11) is 2.15. The molecule has 3 N–H and O–H groups in total. The molecule has 0 aliphatic carbocycles. The molecular formula is C7H18N4. The van der Waals surface area contributed by atoms with Crippen LogP contribution in [0.1, 0.15) is 13.8 Å². The monoisotopic (exact) mass is 158 g/mol. The molecule has 2 atom stereocenters. The molecule has 0 spiro atoms. The lowest BCUT2D eigenvalue weighted by Gasteiger charge is -2.41. The Hall–Kier alpha value is -0.160. The largest absolute Gasteiger partial charge is 0.301 e. The molecule has 0 unspecified atom stereocenters. The fourth-order valence-corrected chi connectivity index (χ4v) is 1.48. The van der Waals surface area contributed by atoms with Crippen molar-refractivity contribution < 1.29 is 0 Å². The minimum Gasteiger partial charge on any atom is -0.301 e. The summed E-state index contributed by atoms with van der Waals surface area (Å²) < 4.78 is 0. The second kappa shape index (κ2) is 3.49. The van der Waals surface area contributed by atoms with Gasteiger partial charge in [-0.2, -0.15) is 5.53 Å². The Morgan fingerprint density at radius 3 is 2.45 bits per heavy atom. The first-order valence-corrected chi connectivity index (χ1v) is 4.08. The Morgan fingerprint density at radius 1 is 1.27 bits per heavy atom. The molecule has 0 bridgehead atoms. The Balaban J connectivity index is 2.48. The maximum atomic E-state index is 5.36. The predicted molar refractivity (Wildman–Crippen MR) is 45.6 cm³/mol. The van der Waals surface area contributed by atoms with Gasteiger partial charge in [0.25, 0.3) is 0 Å². The lowest BCUT2D eigenvalue weighted by molar-refractivity contribution is 0.0217. The second-order valence-corrected chi connectivity index (χ2v) is 3.42. The fourth-order valence-electron chi connectivity index (χ4n) is 1.48. The lowest BCUT2D eigenvalue weighted by Crippen LogP contribution is -2.61. The summed E-state index contributed by atoms with van der Waals surface area (Å²) >= 11 is 0. The van der Waals surface area contributed by atoms with E-state index in [4.69, 9.17) is 5.84 Å². The van der Waals surface area contributed by atoms with Crippen LogP contribution in [0.25, 0.3) is 0 Å². The van der Waals surface area contributed by atoms with Crippen molar-refractivity contribution in [3.8, 4) is 0 Å². The first kappa shape index (κ1) is 8.93. The van der Waals surface area contributed by atoms with Crippen LogP contribution in [0.15, 0.2) is 0 Å². The van der Waals surface area contributed by atoms with Gasteiger partial charge in [-0.15, -0.1) is 0 Å².